The highest BCUT2D eigenvalue weighted by atomic mass is 16.3. The maximum atomic E-state index is 12.9. The van der Waals surface area contributed by atoms with Crippen LogP contribution in [0.25, 0.3) is 5.69 Å². The van der Waals surface area contributed by atoms with E-state index in [2.05, 4.69) is 10.3 Å². The molecule has 1 aromatic carbocycles. The van der Waals surface area contributed by atoms with Crippen LogP contribution in [-0.4, -0.2) is 50.6 Å². The standard InChI is InChI=1S/C18H22N4O2/c1-12-2-6-15(7-3-12)22-17(14-4-5-14)16(19-20-22)18(24)21-9-8-13(10-21)11-23/h2-3,6-7,13-14,23H,4-5,8-11H2,1H3. The van der Waals surface area contributed by atoms with E-state index >= 15 is 0 Å². The fourth-order valence-corrected chi connectivity index (χ4v) is 3.36. The summed E-state index contributed by atoms with van der Waals surface area (Å²) in [6.07, 6.45) is 3.02. The minimum Gasteiger partial charge on any atom is -0.396 e. The predicted molar refractivity (Wildman–Crippen MR) is 89.2 cm³/mol. The number of rotatable bonds is 4. The Morgan fingerprint density at radius 2 is 2.00 bits per heavy atom. The van der Waals surface area contributed by atoms with Gasteiger partial charge < -0.3 is 10.0 Å². The van der Waals surface area contributed by atoms with Crippen molar-refractivity contribution in [3.63, 3.8) is 0 Å². The number of carbonyl (C=O) groups excluding carboxylic acids is 1. The summed E-state index contributed by atoms with van der Waals surface area (Å²) in [5, 5.41) is 17.8. The molecule has 1 aromatic heterocycles. The lowest BCUT2D eigenvalue weighted by Crippen LogP contribution is -2.30. The lowest BCUT2D eigenvalue weighted by molar-refractivity contribution is 0.0774. The van der Waals surface area contributed by atoms with Crippen LogP contribution in [0.2, 0.25) is 0 Å². The van der Waals surface area contributed by atoms with E-state index in [9.17, 15) is 9.90 Å². The third-order valence-electron chi connectivity index (χ3n) is 4.98. The second kappa shape index (κ2) is 6.02. The van der Waals surface area contributed by atoms with E-state index in [1.165, 1.54) is 5.56 Å². The zero-order valence-corrected chi connectivity index (χ0v) is 13.9. The Bertz CT molecular complexity index is 749. The van der Waals surface area contributed by atoms with Crippen molar-refractivity contribution in [2.75, 3.05) is 19.7 Å². The zero-order chi connectivity index (χ0) is 16.7. The van der Waals surface area contributed by atoms with Crippen molar-refractivity contribution in [2.45, 2.75) is 32.1 Å². The first-order valence-electron chi connectivity index (χ1n) is 8.60. The molecule has 0 bridgehead atoms. The lowest BCUT2D eigenvalue weighted by atomic mass is 10.1. The van der Waals surface area contributed by atoms with Crippen LogP contribution in [0.4, 0.5) is 0 Å². The third kappa shape index (κ3) is 2.71. The summed E-state index contributed by atoms with van der Waals surface area (Å²) in [5.41, 5.74) is 3.56. The molecule has 1 aliphatic heterocycles. The van der Waals surface area contributed by atoms with Crippen LogP contribution in [-0.2, 0) is 0 Å². The molecule has 2 aliphatic rings. The van der Waals surface area contributed by atoms with Gasteiger partial charge in [0.1, 0.15) is 0 Å². The van der Waals surface area contributed by atoms with Gasteiger partial charge in [-0.15, -0.1) is 5.10 Å². The van der Waals surface area contributed by atoms with Gasteiger partial charge in [-0.25, -0.2) is 4.68 Å². The highest BCUT2D eigenvalue weighted by molar-refractivity contribution is 5.94. The molecule has 6 heteroatoms. The number of likely N-dealkylation sites (tertiary alicyclic amines) is 1. The molecule has 6 nitrogen and oxygen atoms in total. The van der Waals surface area contributed by atoms with Crippen molar-refractivity contribution in [3.8, 4) is 5.69 Å². The molecule has 4 rings (SSSR count). The lowest BCUT2D eigenvalue weighted by Gasteiger charge is -2.15. The summed E-state index contributed by atoms with van der Waals surface area (Å²) in [5.74, 6) is 0.508. The SMILES string of the molecule is Cc1ccc(-n2nnc(C(=O)N3CCC(CO)C3)c2C2CC2)cc1. The van der Waals surface area contributed by atoms with Crippen LogP contribution in [0.3, 0.4) is 0 Å². The molecular formula is C18H22N4O2. The van der Waals surface area contributed by atoms with Crippen molar-refractivity contribution < 1.29 is 9.90 Å². The van der Waals surface area contributed by atoms with Crippen molar-refractivity contribution >= 4 is 5.91 Å². The van der Waals surface area contributed by atoms with E-state index in [1.54, 1.807) is 4.90 Å². The average molecular weight is 326 g/mol. The van der Waals surface area contributed by atoms with Gasteiger partial charge in [0.05, 0.1) is 11.4 Å². The number of benzene rings is 1. The number of aromatic nitrogens is 3. The Morgan fingerprint density at radius 3 is 2.62 bits per heavy atom. The van der Waals surface area contributed by atoms with Gasteiger partial charge in [0.25, 0.3) is 5.91 Å². The Hall–Kier alpha value is -2.21. The summed E-state index contributed by atoms with van der Waals surface area (Å²) < 4.78 is 1.82. The fraction of sp³-hybridized carbons (Fsp3) is 0.500. The van der Waals surface area contributed by atoms with E-state index in [0.29, 0.717) is 24.7 Å². The smallest absolute Gasteiger partial charge is 0.276 e. The average Bonchev–Trinajstić information content (AvgIpc) is 3.16. The Labute approximate surface area is 141 Å². The minimum atomic E-state index is -0.0498. The van der Waals surface area contributed by atoms with Gasteiger partial charge in [-0.3, -0.25) is 4.79 Å². The summed E-state index contributed by atoms with van der Waals surface area (Å²) in [4.78, 5) is 14.7. The van der Waals surface area contributed by atoms with Crippen LogP contribution in [0, 0.1) is 12.8 Å². The van der Waals surface area contributed by atoms with E-state index in [1.807, 2.05) is 35.9 Å². The van der Waals surface area contributed by atoms with Crippen LogP contribution in [0.15, 0.2) is 24.3 Å². The molecule has 1 saturated carbocycles. The normalized spacial score (nSPS) is 20.6. The van der Waals surface area contributed by atoms with Gasteiger partial charge in [-0.1, -0.05) is 22.9 Å². The van der Waals surface area contributed by atoms with Gasteiger partial charge >= 0.3 is 0 Å². The molecule has 1 N–H and O–H groups in total. The molecule has 1 atom stereocenters. The topological polar surface area (TPSA) is 71.2 Å². The molecule has 24 heavy (non-hydrogen) atoms. The minimum absolute atomic E-state index is 0.0498. The van der Waals surface area contributed by atoms with Crippen LogP contribution >= 0.6 is 0 Å². The Balaban J connectivity index is 1.67. The molecule has 1 aliphatic carbocycles. The number of carbonyl (C=O) groups is 1. The first-order valence-corrected chi connectivity index (χ1v) is 8.60. The molecule has 1 unspecified atom stereocenters. The van der Waals surface area contributed by atoms with E-state index < -0.39 is 0 Å². The Morgan fingerprint density at radius 1 is 1.25 bits per heavy atom. The molecule has 1 saturated heterocycles. The third-order valence-corrected chi connectivity index (χ3v) is 4.98. The van der Waals surface area contributed by atoms with E-state index in [4.69, 9.17) is 0 Å². The van der Waals surface area contributed by atoms with Gasteiger partial charge in [0, 0.05) is 31.5 Å². The van der Waals surface area contributed by atoms with E-state index in [0.717, 1.165) is 30.6 Å². The number of hydrogen-bond acceptors (Lipinski definition) is 4. The molecule has 2 heterocycles. The second-order valence-corrected chi connectivity index (χ2v) is 6.93. The summed E-state index contributed by atoms with van der Waals surface area (Å²) in [7, 11) is 0. The van der Waals surface area contributed by atoms with Crippen molar-refractivity contribution in [1.82, 2.24) is 19.9 Å². The highest BCUT2D eigenvalue weighted by Crippen LogP contribution is 2.42. The molecule has 0 radical (unpaired) electrons. The summed E-state index contributed by atoms with van der Waals surface area (Å²) in [6, 6.07) is 8.12. The van der Waals surface area contributed by atoms with Crippen molar-refractivity contribution in [1.29, 1.82) is 0 Å². The predicted octanol–water partition coefficient (Wildman–Crippen LogP) is 1.91. The number of hydrogen-bond donors (Lipinski definition) is 1. The Kier molecular flexibility index (Phi) is 3.84. The molecular weight excluding hydrogens is 304 g/mol. The second-order valence-electron chi connectivity index (χ2n) is 6.93. The maximum Gasteiger partial charge on any atom is 0.276 e. The van der Waals surface area contributed by atoms with Crippen molar-refractivity contribution in [2.24, 2.45) is 5.92 Å². The molecule has 126 valence electrons. The largest absolute Gasteiger partial charge is 0.396 e. The van der Waals surface area contributed by atoms with Crippen molar-refractivity contribution in [3.05, 3.63) is 41.2 Å². The summed E-state index contributed by atoms with van der Waals surface area (Å²) in [6.45, 7) is 3.48. The highest BCUT2D eigenvalue weighted by Gasteiger charge is 2.37. The van der Waals surface area contributed by atoms with Gasteiger partial charge in [0.15, 0.2) is 5.69 Å². The number of aryl methyl sites for hydroxylation is 1. The molecule has 1 amide bonds. The molecule has 0 spiro atoms. The number of amides is 1. The number of nitrogens with zero attached hydrogens (tertiary/aromatic N) is 4. The van der Waals surface area contributed by atoms with Crippen LogP contribution in [0.5, 0.6) is 0 Å². The molecule has 2 fully saturated rings. The first-order chi connectivity index (χ1) is 11.7. The van der Waals surface area contributed by atoms with Gasteiger partial charge in [0.2, 0.25) is 0 Å². The monoisotopic (exact) mass is 326 g/mol. The zero-order valence-electron chi connectivity index (χ0n) is 13.9. The van der Waals surface area contributed by atoms with Crippen LogP contribution < -0.4 is 0 Å². The van der Waals surface area contributed by atoms with Gasteiger partial charge in [-0.05, 0) is 38.3 Å². The van der Waals surface area contributed by atoms with E-state index in [-0.39, 0.29) is 18.4 Å². The summed E-state index contributed by atoms with van der Waals surface area (Å²) >= 11 is 0. The number of aliphatic hydroxyl groups is 1. The van der Waals surface area contributed by atoms with Gasteiger partial charge in [-0.2, -0.15) is 0 Å². The first kappa shape index (κ1) is 15.3. The fourth-order valence-electron chi connectivity index (χ4n) is 3.36. The number of aliphatic hydroxyl groups excluding tert-OH is 1. The quantitative estimate of drug-likeness (QED) is 0.931. The van der Waals surface area contributed by atoms with Crippen LogP contribution in [0.1, 0.15) is 46.9 Å². The molecule has 2 aromatic rings. The maximum absolute atomic E-state index is 12.9.